The average Bonchev–Trinajstić information content (AvgIpc) is 2.77. The van der Waals surface area contributed by atoms with Gasteiger partial charge in [-0.25, -0.2) is 0 Å². The Balaban J connectivity index is 1.98. The third-order valence-corrected chi connectivity index (χ3v) is 5.11. The molecule has 0 aliphatic carbocycles. The molecule has 2 aromatic rings. The Bertz CT molecular complexity index is 916. The molecular formula is C24H28NO5+. The van der Waals surface area contributed by atoms with Gasteiger partial charge in [0.2, 0.25) is 0 Å². The van der Waals surface area contributed by atoms with E-state index < -0.39 is 0 Å². The van der Waals surface area contributed by atoms with Crippen LogP contribution in [-0.4, -0.2) is 54.4 Å². The predicted molar refractivity (Wildman–Crippen MR) is 117 cm³/mol. The van der Waals surface area contributed by atoms with E-state index in [-0.39, 0.29) is 5.78 Å². The van der Waals surface area contributed by atoms with Crippen LogP contribution in [0.25, 0.3) is 12.2 Å². The van der Waals surface area contributed by atoms with Crippen molar-refractivity contribution in [1.29, 1.82) is 0 Å². The van der Waals surface area contributed by atoms with Gasteiger partial charge in [-0.1, -0.05) is 0 Å². The minimum Gasteiger partial charge on any atom is -0.497 e. The zero-order valence-corrected chi connectivity index (χ0v) is 18.1. The van der Waals surface area contributed by atoms with E-state index in [1.807, 2.05) is 48.6 Å². The first-order valence-electron chi connectivity index (χ1n) is 9.70. The number of hydrogen-bond acceptors (Lipinski definition) is 5. The first kappa shape index (κ1) is 21.5. The van der Waals surface area contributed by atoms with Gasteiger partial charge in [-0.3, -0.25) is 4.79 Å². The van der Waals surface area contributed by atoms with Gasteiger partial charge in [0.25, 0.3) is 0 Å². The van der Waals surface area contributed by atoms with E-state index >= 15 is 0 Å². The van der Waals surface area contributed by atoms with Gasteiger partial charge in [-0.15, -0.1) is 0 Å². The molecule has 1 fully saturated rings. The van der Waals surface area contributed by atoms with Crippen LogP contribution in [0.15, 0.2) is 47.5 Å². The standard InChI is InChI=1S/C24H27NO5/c1-25-14-18(10-16-6-8-20(27-2)12-22(16)29-4)24(26)19(15-25)11-17-7-9-21(28-3)13-23(17)30-5/h6-13H,14-15H2,1-5H3/p+1/b18-10-,19-11+. The molecule has 3 rings (SSSR count). The maximum absolute atomic E-state index is 13.2. The van der Waals surface area contributed by atoms with Crippen molar-refractivity contribution >= 4 is 17.9 Å². The van der Waals surface area contributed by atoms with Crippen molar-refractivity contribution < 1.29 is 28.6 Å². The van der Waals surface area contributed by atoms with E-state index in [1.54, 1.807) is 28.4 Å². The number of quaternary nitrogens is 1. The fraction of sp³-hybridized carbons (Fsp3) is 0.292. The van der Waals surface area contributed by atoms with Crippen LogP contribution in [0.3, 0.4) is 0 Å². The smallest absolute Gasteiger partial charge is 0.196 e. The number of carbonyl (C=O) groups excluding carboxylic acids is 1. The minimum absolute atomic E-state index is 0.0383. The lowest BCUT2D eigenvalue weighted by Crippen LogP contribution is -3.10. The molecule has 1 saturated heterocycles. The van der Waals surface area contributed by atoms with Gasteiger partial charge >= 0.3 is 0 Å². The third-order valence-electron chi connectivity index (χ3n) is 5.11. The molecule has 0 spiro atoms. The Morgan fingerprint density at radius 1 is 0.733 bits per heavy atom. The maximum atomic E-state index is 13.2. The Hall–Kier alpha value is -3.25. The van der Waals surface area contributed by atoms with E-state index in [2.05, 4.69) is 7.05 Å². The number of methoxy groups -OCH3 is 4. The fourth-order valence-electron chi connectivity index (χ4n) is 3.56. The molecule has 1 aliphatic heterocycles. The minimum atomic E-state index is 0.0383. The number of likely N-dealkylation sites (tertiary alicyclic amines) is 1. The highest BCUT2D eigenvalue weighted by Crippen LogP contribution is 2.29. The van der Waals surface area contributed by atoms with Crippen LogP contribution in [0, 0.1) is 0 Å². The lowest BCUT2D eigenvalue weighted by molar-refractivity contribution is -0.870. The number of ether oxygens (including phenoxy) is 4. The second kappa shape index (κ2) is 9.50. The van der Waals surface area contributed by atoms with E-state index in [0.717, 1.165) is 22.3 Å². The van der Waals surface area contributed by atoms with Crippen LogP contribution in [-0.2, 0) is 4.79 Å². The summed E-state index contributed by atoms with van der Waals surface area (Å²) >= 11 is 0. The number of benzene rings is 2. The van der Waals surface area contributed by atoms with Crippen molar-refractivity contribution in [3.05, 3.63) is 58.7 Å². The first-order chi connectivity index (χ1) is 14.5. The maximum Gasteiger partial charge on any atom is 0.196 e. The van der Waals surface area contributed by atoms with Gasteiger partial charge in [0.05, 0.1) is 46.6 Å². The fourth-order valence-corrected chi connectivity index (χ4v) is 3.56. The second-order valence-electron chi connectivity index (χ2n) is 7.19. The number of piperidine rings is 1. The van der Waals surface area contributed by atoms with Crippen LogP contribution in [0.4, 0.5) is 0 Å². The summed E-state index contributed by atoms with van der Waals surface area (Å²) in [6.45, 7) is 1.29. The SMILES string of the molecule is COc1ccc(/C=C2/C[NH+](C)C/C(=C\c3ccc(OC)cc3OC)C2=O)c(OC)c1. The highest BCUT2D eigenvalue weighted by Gasteiger charge is 2.27. The van der Waals surface area contributed by atoms with Gasteiger partial charge in [0.15, 0.2) is 5.78 Å². The predicted octanol–water partition coefficient (Wildman–Crippen LogP) is 2.29. The molecule has 1 aliphatic rings. The van der Waals surface area contributed by atoms with Crippen molar-refractivity contribution in [2.45, 2.75) is 0 Å². The number of ketones is 1. The van der Waals surface area contributed by atoms with E-state index in [1.165, 1.54) is 4.90 Å². The van der Waals surface area contributed by atoms with Crippen LogP contribution in [0.2, 0.25) is 0 Å². The molecule has 6 heteroatoms. The molecule has 0 amide bonds. The van der Waals surface area contributed by atoms with Crippen LogP contribution >= 0.6 is 0 Å². The van der Waals surface area contributed by atoms with Crippen LogP contribution < -0.4 is 23.8 Å². The topological polar surface area (TPSA) is 58.4 Å². The average molecular weight is 410 g/mol. The molecule has 6 nitrogen and oxygen atoms in total. The molecule has 1 heterocycles. The molecule has 0 aromatic heterocycles. The Labute approximate surface area is 177 Å². The highest BCUT2D eigenvalue weighted by atomic mass is 16.5. The molecular weight excluding hydrogens is 382 g/mol. The van der Waals surface area contributed by atoms with Crippen LogP contribution in [0.1, 0.15) is 11.1 Å². The number of nitrogens with one attached hydrogen (secondary N) is 1. The number of carbonyl (C=O) groups is 1. The van der Waals surface area contributed by atoms with E-state index in [9.17, 15) is 4.79 Å². The summed E-state index contributed by atoms with van der Waals surface area (Å²) in [4.78, 5) is 14.5. The third kappa shape index (κ3) is 4.66. The summed E-state index contributed by atoms with van der Waals surface area (Å²) < 4.78 is 21.5. The number of Topliss-reactive ketones (excluding diaryl/α,β-unsaturated/α-hetero) is 1. The molecule has 0 saturated carbocycles. The van der Waals surface area contributed by atoms with Gasteiger partial charge in [0, 0.05) is 23.3 Å². The summed E-state index contributed by atoms with van der Waals surface area (Å²) in [5.74, 6) is 2.79. The van der Waals surface area contributed by atoms with Crippen molar-refractivity contribution in [2.75, 3.05) is 48.6 Å². The van der Waals surface area contributed by atoms with Crippen molar-refractivity contribution in [3.63, 3.8) is 0 Å². The van der Waals surface area contributed by atoms with Gasteiger partial charge < -0.3 is 23.8 Å². The highest BCUT2D eigenvalue weighted by molar-refractivity contribution is 6.14. The molecule has 0 radical (unpaired) electrons. The van der Waals surface area contributed by atoms with Gasteiger partial charge in [-0.2, -0.15) is 0 Å². The number of hydrogen-bond donors (Lipinski definition) is 1. The largest absolute Gasteiger partial charge is 0.497 e. The Morgan fingerprint density at radius 3 is 1.53 bits per heavy atom. The summed E-state index contributed by atoms with van der Waals surface area (Å²) in [7, 11) is 8.52. The zero-order valence-electron chi connectivity index (χ0n) is 18.1. The molecule has 1 N–H and O–H groups in total. The number of rotatable bonds is 6. The molecule has 0 bridgehead atoms. The van der Waals surface area contributed by atoms with Crippen molar-refractivity contribution in [1.82, 2.24) is 0 Å². The number of likely N-dealkylation sites (N-methyl/N-ethyl adjacent to an activating group) is 1. The summed E-state index contributed by atoms with van der Waals surface area (Å²) in [6, 6.07) is 11.1. The summed E-state index contributed by atoms with van der Waals surface area (Å²) in [5.41, 5.74) is 3.16. The summed E-state index contributed by atoms with van der Waals surface area (Å²) in [6.07, 6.45) is 3.81. The van der Waals surface area contributed by atoms with Crippen molar-refractivity contribution in [2.24, 2.45) is 0 Å². The molecule has 1 atom stereocenters. The van der Waals surface area contributed by atoms with Gasteiger partial charge in [0.1, 0.15) is 36.1 Å². The molecule has 1 unspecified atom stereocenters. The first-order valence-corrected chi connectivity index (χ1v) is 9.70. The lowest BCUT2D eigenvalue weighted by Gasteiger charge is -2.23. The molecule has 30 heavy (non-hydrogen) atoms. The van der Waals surface area contributed by atoms with E-state index in [0.29, 0.717) is 36.1 Å². The Kier molecular flexibility index (Phi) is 6.79. The normalized spacial score (nSPS) is 19.1. The molecule has 2 aromatic carbocycles. The lowest BCUT2D eigenvalue weighted by atomic mass is 9.94. The van der Waals surface area contributed by atoms with Crippen molar-refractivity contribution in [3.8, 4) is 23.0 Å². The quantitative estimate of drug-likeness (QED) is 0.741. The molecule has 158 valence electrons. The second-order valence-corrected chi connectivity index (χ2v) is 7.19. The van der Waals surface area contributed by atoms with Crippen LogP contribution in [0.5, 0.6) is 23.0 Å². The Morgan fingerprint density at radius 2 is 1.17 bits per heavy atom. The van der Waals surface area contributed by atoms with Gasteiger partial charge in [-0.05, 0) is 36.4 Å². The monoisotopic (exact) mass is 410 g/mol. The van der Waals surface area contributed by atoms with E-state index in [4.69, 9.17) is 18.9 Å². The zero-order chi connectivity index (χ0) is 21.7. The summed E-state index contributed by atoms with van der Waals surface area (Å²) in [5, 5.41) is 0.